The fraction of sp³-hybridized carbons (Fsp3) is 0.286. The van der Waals surface area contributed by atoms with E-state index in [2.05, 4.69) is 25.3 Å². The van der Waals surface area contributed by atoms with Crippen molar-refractivity contribution in [1.29, 1.82) is 0 Å². The third-order valence-corrected chi connectivity index (χ3v) is 6.09. The summed E-state index contributed by atoms with van der Waals surface area (Å²) in [6, 6.07) is 8.70. The minimum atomic E-state index is -3.53. The second-order valence-corrected chi connectivity index (χ2v) is 8.34. The molecule has 0 saturated heterocycles. The van der Waals surface area contributed by atoms with Crippen molar-refractivity contribution in [3.05, 3.63) is 46.6 Å². The van der Waals surface area contributed by atoms with Crippen LogP contribution in [0.3, 0.4) is 0 Å². The smallest absolute Gasteiger partial charge is 0.250 e. The summed E-state index contributed by atoms with van der Waals surface area (Å²) < 4.78 is 27.2. The first-order chi connectivity index (χ1) is 11.5. The van der Waals surface area contributed by atoms with Crippen molar-refractivity contribution in [3.8, 4) is 0 Å². The zero-order valence-corrected chi connectivity index (χ0v) is 15.4. The fourth-order valence-corrected chi connectivity index (χ4v) is 4.34. The fourth-order valence-electron chi connectivity index (χ4n) is 1.78. The van der Waals surface area contributed by atoms with Gasteiger partial charge in [-0.25, -0.2) is 13.1 Å². The molecule has 0 aliphatic heterocycles. The second-order valence-electron chi connectivity index (χ2n) is 4.63. The highest BCUT2D eigenvalue weighted by Gasteiger charge is 2.15. The summed E-state index contributed by atoms with van der Waals surface area (Å²) in [5.74, 6) is 0.569. The van der Waals surface area contributed by atoms with Gasteiger partial charge in [0.1, 0.15) is 4.21 Å². The Morgan fingerprint density at radius 3 is 2.71 bits per heavy atom. The largest absolute Gasteiger partial charge is 0.355 e. The Labute approximate surface area is 150 Å². The number of nitrogens with one attached hydrogen (secondary N) is 3. The lowest BCUT2D eigenvalue weighted by Crippen LogP contribution is -2.41. The van der Waals surface area contributed by atoms with Crippen LogP contribution < -0.4 is 15.4 Å². The molecular weight excluding hydrogens is 370 g/mol. The molecule has 0 spiro atoms. The first-order valence-corrected chi connectivity index (χ1v) is 9.78. The van der Waals surface area contributed by atoms with E-state index in [0.717, 1.165) is 17.0 Å². The van der Waals surface area contributed by atoms with Crippen LogP contribution in [0.1, 0.15) is 5.69 Å². The minimum Gasteiger partial charge on any atom is -0.355 e. The molecule has 0 amide bonds. The number of halogens is 1. The van der Waals surface area contributed by atoms with E-state index in [4.69, 9.17) is 11.6 Å². The molecule has 10 heteroatoms. The van der Waals surface area contributed by atoms with Gasteiger partial charge in [0, 0.05) is 26.3 Å². The lowest BCUT2D eigenvalue weighted by atomic mass is 10.3. The van der Waals surface area contributed by atoms with Gasteiger partial charge in [0.15, 0.2) is 5.96 Å². The van der Waals surface area contributed by atoms with Crippen LogP contribution in [-0.2, 0) is 16.6 Å². The van der Waals surface area contributed by atoms with Gasteiger partial charge in [-0.05, 0) is 24.3 Å². The van der Waals surface area contributed by atoms with E-state index < -0.39 is 10.0 Å². The molecule has 7 nitrogen and oxygen atoms in total. The van der Waals surface area contributed by atoms with E-state index in [1.54, 1.807) is 19.3 Å². The molecule has 130 valence electrons. The molecule has 2 rings (SSSR count). The third-order valence-electron chi connectivity index (χ3n) is 2.91. The molecule has 2 heterocycles. The standard InChI is InChI=1S/C14H18ClN5O2S2/c1-16-14(19-10-11-4-2-3-7-17-11)18-8-9-20-24(21,22)13-6-5-12(15)23-13/h2-7,20H,8-10H2,1H3,(H2,16,18,19). The normalized spacial score (nSPS) is 12.2. The Bertz CT molecular complexity index is 777. The van der Waals surface area contributed by atoms with Crippen LogP contribution in [0.25, 0.3) is 0 Å². The van der Waals surface area contributed by atoms with Gasteiger partial charge in [0.25, 0.3) is 0 Å². The zero-order valence-electron chi connectivity index (χ0n) is 13.0. The van der Waals surface area contributed by atoms with Gasteiger partial charge in [-0.1, -0.05) is 17.7 Å². The van der Waals surface area contributed by atoms with Crippen LogP contribution >= 0.6 is 22.9 Å². The lowest BCUT2D eigenvalue weighted by Gasteiger charge is -2.12. The quantitative estimate of drug-likeness (QED) is 0.379. The predicted octanol–water partition coefficient (Wildman–Crippen LogP) is 1.44. The van der Waals surface area contributed by atoms with Gasteiger partial charge < -0.3 is 10.6 Å². The van der Waals surface area contributed by atoms with E-state index in [9.17, 15) is 8.42 Å². The summed E-state index contributed by atoms with van der Waals surface area (Å²) in [5, 5.41) is 6.13. The molecule has 0 bridgehead atoms. The summed E-state index contributed by atoms with van der Waals surface area (Å²) in [5.41, 5.74) is 0.885. The van der Waals surface area contributed by atoms with Crippen molar-refractivity contribution in [2.45, 2.75) is 10.8 Å². The molecule has 0 saturated carbocycles. The SMILES string of the molecule is CN=C(NCCNS(=O)(=O)c1ccc(Cl)s1)NCc1ccccn1. The van der Waals surface area contributed by atoms with E-state index in [1.807, 2.05) is 18.2 Å². The number of rotatable bonds is 7. The third kappa shape index (κ3) is 5.75. The lowest BCUT2D eigenvalue weighted by molar-refractivity contribution is 0.582. The van der Waals surface area contributed by atoms with Crippen molar-refractivity contribution in [2.75, 3.05) is 20.1 Å². The number of nitrogens with zero attached hydrogens (tertiary/aromatic N) is 2. The Kier molecular flexibility index (Phi) is 6.98. The molecule has 0 radical (unpaired) electrons. The second kappa shape index (κ2) is 8.97. The number of pyridine rings is 1. The van der Waals surface area contributed by atoms with Crippen LogP contribution in [0.5, 0.6) is 0 Å². The average Bonchev–Trinajstić information content (AvgIpc) is 3.02. The van der Waals surface area contributed by atoms with Gasteiger partial charge in [-0.2, -0.15) is 0 Å². The van der Waals surface area contributed by atoms with Crippen LogP contribution in [0, 0.1) is 0 Å². The number of thiophene rings is 1. The van der Waals surface area contributed by atoms with E-state index >= 15 is 0 Å². The van der Waals surface area contributed by atoms with E-state index in [-0.39, 0.29) is 10.8 Å². The molecule has 3 N–H and O–H groups in total. The van der Waals surface area contributed by atoms with Crippen molar-refractivity contribution in [3.63, 3.8) is 0 Å². The van der Waals surface area contributed by atoms with Gasteiger partial charge in [0.2, 0.25) is 10.0 Å². The number of hydrogen-bond acceptors (Lipinski definition) is 5. The summed E-state index contributed by atoms with van der Waals surface area (Å²) in [7, 11) is -1.88. The molecule has 24 heavy (non-hydrogen) atoms. The van der Waals surface area contributed by atoms with Crippen molar-refractivity contribution in [2.24, 2.45) is 4.99 Å². The number of aromatic nitrogens is 1. The first-order valence-electron chi connectivity index (χ1n) is 7.11. The first kappa shape index (κ1) is 18.7. The van der Waals surface area contributed by atoms with Gasteiger partial charge in [-0.3, -0.25) is 9.98 Å². The molecule has 0 aromatic carbocycles. The Hall–Kier alpha value is -1.68. The molecule has 0 atom stereocenters. The molecule has 2 aromatic rings. The van der Waals surface area contributed by atoms with Gasteiger partial charge >= 0.3 is 0 Å². The topological polar surface area (TPSA) is 95.5 Å². The van der Waals surface area contributed by atoms with Crippen molar-refractivity contribution in [1.82, 2.24) is 20.3 Å². The summed E-state index contributed by atoms with van der Waals surface area (Å²) in [4.78, 5) is 8.28. The van der Waals surface area contributed by atoms with E-state index in [0.29, 0.717) is 23.4 Å². The number of aliphatic imine (C=N–C) groups is 1. The number of guanidine groups is 1. The molecule has 0 unspecified atom stereocenters. The highest BCUT2D eigenvalue weighted by atomic mass is 35.5. The molecule has 0 aliphatic carbocycles. The van der Waals surface area contributed by atoms with Gasteiger partial charge in [0.05, 0.1) is 16.6 Å². The highest BCUT2D eigenvalue weighted by molar-refractivity contribution is 7.91. The average molecular weight is 388 g/mol. The molecule has 2 aromatic heterocycles. The molecule has 0 fully saturated rings. The van der Waals surface area contributed by atoms with Crippen LogP contribution in [0.4, 0.5) is 0 Å². The van der Waals surface area contributed by atoms with E-state index in [1.165, 1.54) is 6.07 Å². The zero-order chi connectivity index (χ0) is 17.4. The van der Waals surface area contributed by atoms with Crippen LogP contribution in [0.2, 0.25) is 4.34 Å². The Balaban J connectivity index is 1.74. The maximum atomic E-state index is 12.0. The number of sulfonamides is 1. The van der Waals surface area contributed by atoms with Crippen molar-refractivity contribution < 1.29 is 8.42 Å². The van der Waals surface area contributed by atoms with Crippen molar-refractivity contribution >= 4 is 38.9 Å². The summed E-state index contributed by atoms with van der Waals surface area (Å²) >= 11 is 6.78. The van der Waals surface area contributed by atoms with Gasteiger partial charge in [-0.15, -0.1) is 11.3 Å². The maximum Gasteiger partial charge on any atom is 0.250 e. The number of hydrogen-bond donors (Lipinski definition) is 3. The van der Waals surface area contributed by atoms with Crippen LogP contribution in [0.15, 0.2) is 45.7 Å². The summed E-state index contributed by atoms with van der Waals surface area (Å²) in [6.45, 7) is 1.14. The highest BCUT2D eigenvalue weighted by Crippen LogP contribution is 2.24. The predicted molar refractivity (Wildman–Crippen MR) is 97.0 cm³/mol. The monoisotopic (exact) mass is 387 g/mol. The Morgan fingerprint density at radius 1 is 1.25 bits per heavy atom. The molecule has 0 aliphatic rings. The molecular formula is C14H18ClN5O2S2. The minimum absolute atomic E-state index is 0.199. The Morgan fingerprint density at radius 2 is 2.08 bits per heavy atom. The summed E-state index contributed by atoms with van der Waals surface area (Å²) in [6.07, 6.45) is 1.72. The maximum absolute atomic E-state index is 12.0. The van der Waals surface area contributed by atoms with Crippen LogP contribution in [-0.4, -0.2) is 39.5 Å².